The van der Waals surface area contributed by atoms with E-state index in [0.717, 1.165) is 25.7 Å². The van der Waals surface area contributed by atoms with E-state index in [1.54, 1.807) is 17.7 Å². The number of thiophene rings is 1. The molecule has 25 heavy (non-hydrogen) atoms. The number of carbonyl (C=O) groups excluding carboxylic acids is 1. The van der Waals surface area contributed by atoms with Crippen LogP contribution in [0.3, 0.4) is 0 Å². The molecule has 3 aromatic rings. The Hall–Kier alpha value is -1.92. The third-order valence-electron chi connectivity index (χ3n) is 3.53. The highest BCUT2D eigenvalue weighted by atomic mass is 32.2. The van der Waals surface area contributed by atoms with Crippen molar-refractivity contribution in [3.05, 3.63) is 42.7 Å². The topological polar surface area (TPSA) is 52.1 Å². The minimum Gasteiger partial charge on any atom is -0.465 e. The Balaban J connectivity index is 1.82. The summed E-state index contributed by atoms with van der Waals surface area (Å²) in [6, 6.07) is 12.3. The average Bonchev–Trinajstić information content (AvgIpc) is 3.05. The summed E-state index contributed by atoms with van der Waals surface area (Å²) in [7, 11) is 0. The summed E-state index contributed by atoms with van der Waals surface area (Å²) < 4.78 is 5.32. The highest BCUT2D eigenvalue weighted by molar-refractivity contribution is 8.00. The van der Waals surface area contributed by atoms with E-state index in [-0.39, 0.29) is 11.2 Å². The van der Waals surface area contributed by atoms with Crippen molar-refractivity contribution in [1.29, 1.82) is 0 Å². The van der Waals surface area contributed by atoms with Gasteiger partial charge in [0, 0.05) is 10.3 Å². The van der Waals surface area contributed by atoms with Gasteiger partial charge < -0.3 is 4.74 Å². The molecule has 6 heteroatoms. The number of benzene rings is 1. The van der Waals surface area contributed by atoms with Gasteiger partial charge in [-0.1, -0.05) is 55.9 Å². The minimum atomic E-state index is -0.308. The van der Waals surface area contributed by atoms with Crippen molar-refractivity contribution in [1.82, 2.24) is 9.97 Å². The van der Waals surface area contributed by atoms with Gasteiger partial charge in [0.25, 0.3) is 0 Å². The summed E-state index contributed by atoms with van der Waals surface area (Å²) in [4.78, 5) is 23.0. The summed E-state index contributed by atoms with van der Waals surface area (Å²) in [5.41, 5.74) is 1.16. The van der Waals surface area contributed by atoms with Gasteiger partial charge in [-0.3, -0.25) is 4.79 Å². The predicted octanol–water partition coefficient (Wildman–Crippen LogP) is 5.04. The molecule has 0 aliphatic carbocycles. The Morgan fingerprint density at radius 1 is 1.20 bits per heavy atom. The van der Waals surface area contributed by atoms with E-state index >= 15 is 0 Å². The van der Waals surface area contributed by atoms with Crippen LogP contribution in [0.25, 0.3) is 20.7 Å². The van der Waals surface area contributed by atoms with Crippen molar-refractivity contribution in [3.8, 4) is 10.4 Å². The molecular weight excluding hydrogens is 352 g/mol. The van der Waals surface area contributed by atoms with Crippen LogP contribution < -0.4 is 0 Å². The number of hydrogen-bond donors (Lipinski definition) is 0. The number of carbonyl (C=O) groups is 1. The Bertz CT molecular complexity index is 862. The lowest BCUT2D eigenvalue weighted by Gasteiger charge is -2.12. The molecule has 0 amide bonds. The summed E-state index contributed by atoms with van der Waals surface area (Å²) in [6.45, 7) is 6.34. The van der Waals surface area contributed by atoms with Crippen LogP contribution in [0.4, 0.5) is 0 Å². The lowest BCUT2D eigenvalue weighted by atomic mass is 10.2. The third-order valence-corrected chi connectivity index (χ3v) is 5.72. The maximum absolute atomic E-state index is 12.1. The van der Waals surface area contributed by atoms with Crippen molar-refractivity contribution in [2.75, 3.05) is 6.61 Å². The van der Waals surface area contributed by atoms with E-state index < -0.39 is 0 Å². The number of hydrogen-bond acceptors (Lipinski definition) is 6. The molecule has 0 aliphatic heterocycles. The van der Waals surface area contributed by atoms with Crippen LogP contribution in [0.5, 0.6) is 0 Å². The summed E-state index contributed by atoms with van der Waals surface area (Å²) in [5, 5.41) is 1.49. The number of rotatable bonds is 6. The van der Waals surface area contributed by atoms with Crippen LogP contribution >= 0.6 is 23.1 Å². The molecular formula is C19H20N2O2S2. The molecule has 0 spiro atoms. The second kappa shape index (κ2) is 7.97. The number of aromatic nitrogens is 2. The van der Waals surface area contributed by atoms with Gasteiger partial charge in [0.2, 0.25) is 0 Å². The molecule has 0 bridgehead atoms. The van der Waals surface area contributed by atoms with E-state index in [0.29, 0.717) is 12.5 Å². The lowest BCUT2D eigenvalue weighted by Crippen LogP contribution is -2.19. The predicted molar refractivity (Wildman–Crippen MR) is 104 cm³/mol. The van der Waals surface area contributed by atoms with E-state index in [4.69, 9.17) is 4.74 Å². The summed E-state index contributed by atoms with van der Waals surface area (Å²) in [6.07, 6.45) is 1.56. The number of ether oxygens (including phenoxy) is 1. The molecule has 2 aromatic heterocycles. The molecule has 1 atom stereocenters. The van der Waals surface area contributed by atoms with Crippen molar-refractivity contribution in [3.63, 3.8) is 0 Å². The largest absolute Gasteiger partial charge is 0.465 e. The van der Waals surface area contributed by atoms with E-state index in [1.165, 1.54) is 11.8 Å². The molecule has 4 nitrogen and oxygen atoms in total. The molecule has 1 aromatic carbocycles. The van der Waals surface area contributed by atoms with Gasteiger partial charge >= 0.3 is 5.97 Å². The van der Waals surface area contributed by atoms with Gasteiger partial charge in [-0.2, -0.15) is 0 Å². The van der Waals surface area contributed by atoms with Crippen LogP contribution in [-0.2, 0) is 9.53 Å². The fraction of sp³-hybridized carbons (Fsp3) is 0.316. The quantitative estimate of drug-likeness (QED) is 0.345. The molecule has 0 radical (unpaired) electrons. The number of nitrogens with zero attached hydrogens (tertiary/aromatic N) is 2. The monoisotopic (exact) mass is 372 g/mol. The first-order valence-corrected chi connectivity index (χ1v) is 9.87. The smallest absolute Gasteiger partial charge is 0.319 e. The lowest BCUT2D eigenvalue weighted by molar-refractivity contribution is -0.143. The summed E-state index contributed by atoms with van der Waals surface area (Å²) >= 11 is 3.06. The highest BCUT2D eigenvalue weighted by Crippen LogP contribution is 2.37. The average molecular weight is 373 g/mol. The standard InChI is InChI=1S/C19H20N2O2S2/c1-12(2)10-23-19(22)13(3)24-17-15-9-16(14-7-5-4-6-8-14)25-18(15)21-11-20-17/h4-9,11-13H,10H2,1-3H3/t13-/m1/s1. The van der Waals surface area contributed by atoms with Gasteiger partial charge in [0.1, 0.15) is 21.4 Å². The number of fused-ring (bicyclic) bond motifs is 1. The molecule has 2 heterocycles. The number of esters is 1. The van der Waals surface area contributed by atoms with E-state index in [9.17, 15) is 4.79 Å². The van der Waals surface area contributed by atoms with Crippen molar-refractivity contribution in [2.45, 2.75) is 31.0 Å². The fourth-order valence-corrected chi connectivity index (χ4v) is 4.21. The number of thioether (sulfide) groups is 1. The Kier molecular flexibility index (Phi) is 5.71. The summed E-state index contributed by atoms with van der Waals surface area (Å²) in [5.74, 6) is 0.126. The van der Waals surface area contributed by atoms with E-state index in [2.05, 4.69) is 28.2 Å². The van der Waals surface area contributed by atoms with Crippen LogP contribution in [0.15, 0.2) is 47.8 Å². The Morgan fingerprint density at radius 3 is 2.68 bits per heavy atom. The molecule has 130 valence electrons. The van der Waals surface area contributed by atoms with Crippen LogP contribution in [0, 0.1) is 5.92 Å². The molecule has 0 N–H and O–H groups in total. The van der Waals surface area contributed by atoms with Crippen molar-refractivity contribution >= 4 is 39.3 Å². The highest BCUT2D eigenvalue weighted by Gasteiger charge is 2.19. The zero-order chi connectivity index (χ0) is 17.8. The van der Waals surface area contributed by atoms with Gasteiger partial charge in [-0.15, -0.1) is 11.3 Å². The first kappa shape index (κ1) is 17.9. The normalized spacial score (nSPS) is 12.5. The molecule has 0 saturated heterocycles. The molecule has 0 fully saturated rings. The fourth-order valence-electron chi connectivity index (χ4n) is 2.25. The molecule has 3 rings (SSSR count). The second-order valence-corrected chi connectivity index (χ2v) is 8.52. The SMILES string of the molecule is CC(C)COC(=O)[C@@H](C)Sc1ncnc2sc(-c3ccccc3)cc12. The maximum atomic E-state index is 12.1. The van der Waals surface area contributed by atoms with Crippen molar-refractivity contribution in [2.24, 2.45) is 5.92 Å². The van der Waals surface area contributed by atoms with Crippen molar-refractivity contribution < 1.29 is 9.53 Å². The van der Waals surface area contributed by atoms with Gasteiger partial charge in [0.15, 0.2) is 0 Å². The maximum Gasteiger partial charge on any atom is 0.319 e. The van der Waals surface area contributed by atoms with Gasteiger partial charge in [-0.05, 0) is 24.5 Å². The molecule has 0 saturated carbocycles. The zero-order valence-electron chi connectivity index (χ0n) is 14.4. The van der Waals surface area contributed by atoms with Crippen LogP contribution in [0.1, 0.15) is 20.8 Å². The second-order valence-electron chi connectivity index (χ2n) is 6.16. The van der Waals surface area contributed by atoms with Gasteiger partial charge in [0.05, 0.1) is 6.61 Å². The van der Waals surface area contributed by atoms with Gasteiger partial charge in [-0.25, -0.2) is 9.97 Å². The molecule has 0 unspecified atom stereocenters. The Labute approximate surface area is 155 Å². The first-order chi connectivity index (χ1) is 12.0. The first-order valence-electron chi connectivity index (χ1n) is 8.18. The Morgan fingerprint density at radius 2 is 1.96 bits per heavy atom. The van der Waals surface area contributed by atoms with E-state index in [1.807, 2.05) is 39.0 Å². The van der Waals surface area contributed by atoms with Crippen LogP contribution in [-0.4, -0.2) is 27.8 Å². The minimum absolute atomic E-state index is 0.205. The zero-order valence-corrected chi connectivity index (χ0v) is 16.1. The van der Waals surface area contributed by atoms with Crippen LogP contribution in [0.2, 0.25) is 0 Å². The molecule has 0 aliphatic rings. The third kappa shape index (κ3) is 4.38.